The Morgan fingerprint density at radius 1 is 1.15 bits per heavy atom. The number of likely N-dealkylation sites (N-methyl/N-ethyl adjacent to an activating group) is 1. The molecule has 0 fully saturated rings. The van der Waals surface area contributed by atoms with Crippen molar-refractivity contribution in [1.29, 1.82) is 0 Å². The maximum Gasteiger partial charge on any atom is 0.231 e. The fourth-order valence-corrected chi connectivity index (χ4v) is 3.65. The highest BCUT2D eigenvalue weighted by Crippen LogP contribution is 2.32. The lowest BCUT2D eigenvalue weighted by Crippen LogP contribution is -2.28. The Bertz CT molecular complexity index is 1060. The second kappa shape index (κ2) is 11.3. The van der Waals surface area contributed by atoms with Crippen LogP contribution in [0.25, 0.3) is 11.8 Å². The lowest BCUT2D eigenvalue weighted by Gasteiger charge is -2.16. The van der Waals surface area contributed by atoms with Gasteiger partial charge in [0.15, 0.2) is 11.5 Å². The lowest BCUT2D eigenvalue weighted by molar-refractivity contribution is -0.120. The molecule has 0 saturated carbocycles. The van der Waals surface area contributed by atoms with Crippen molar-refractivity contribution >= 4 is 12.0 Å². The van der Waals surface area contributed by atoms with Gasteiger partial charge in [0, 0.05) is 37.6 Å². The maximum atomic E-state index is 12.1. The zero-order valence-corrected chi connectivity index (χ0v) is 18.9. The molecule has 7 nitrogen and oxygen atoms in total. The number of rotatable bonds is 11. The summed E-state index contributed by atoms with van der Waals surface area (Å²) in [5, 5.41) is 3.00. The molecule has 3 aromatic rings. The number of hydrogen-bond donors (Lipinski definition) is 1. The van der Waals surface area contributed by atoms with E-state index in [1.807, 2.05) is 53.2 Å². The molecule has 1 N–H and O–H groups in total. The van der Waals surface area contributed by atoms with Gasteiger partial charge in [-0.1, -0.05) is 30.4 Å². The topological polar surface area (TPSA) is 68.6 Å². The highest BCUT2D eigenvalue weighted by molar-refractivity contribution is 5.78. The SMILES string of the molecule is CN(CCCNC(=O)C/C=C/c1ccc(-n2ccnc2)cc1)CCc1ccc2c(c1)OCO2. The zero-order chi connectivity index (χ0) is 22.9. The third-order valence-electron chi connectivity index (χ3n) is 5.57. The van der Waals surface area contributed by atoms with Crippen molar-refractivity contribution in [2.45, 2.75) is 19.3 Å². The van der Waals surface area contributed by atoms with Gasteiger partial charge in [0.05, 0.1) is 6.33 Å². The molecule has 1 amide bonds. The van der Waals surface area contributed by atoms with Gasteiger partial charge in [0.25, 0.3) is 0 Å². The Morgan fingerprint density at radius 3 is 2.82 bits per heavy atom. The maximum absolute atomic E-state index is 12.1. The van der Waals surface area contributed by atoms with Crippen molar-refractivity contribution in [3.05, 3.63) is 78.4 Å². The standard InChI is InChI=1S/C26H30N4O3/c1-29(16-12-22-8-11-24-25(18-22)33-20-32-24)15-3-13-28-26(31)5-2-4-21-6-9-23(10-7-21)30-17-14-27-19-30/h2,4,6-11,14,17-19H,3,5,12-13,15-16,20H2,1H3,(H,28,31)/b4-2+. The average Bonchev–Trinajstić information content (AvgIpc) is 3.53. The van der Waals surface area contributed by atoms with Crippen LogP contribution in [-0.2, 0) is 11.2 Å². The molecule has 1 aliphatic heterocycles. The molecule has 0 saturated heterocycles. The average molecular weight is 447 g/mol. The van der Waals surface area contributed by atoms with Crippen LogP contribution in [0.5, 0.6) is 11.5 Å². The molecule has 0 aliphatic carbocycles. The number of nitrogens with zero attached hydrogens (tertiary/aromatic N) is 3. The van der Waals surface area contributed by atoms with E-state index in [4.69, 9.17) is 9.47 Å². The fourth-order valence-electron chi connectivity index (χ4n) is 3.65. The molecule has 1 aromatic heterocycles. The number of nitrogens with one attached hydrogen (secondary N) is 1. The number of hydrogen-bond acceptors (Lipinski definition) is 5. The highest BCUT2D eigenvalue weighted by atomic mass is 16.7. The van der Waals surface area contributed by atoms with E-state index in [1.54, 1.807) is 12.5 Å². The number of amides is 1. The molecular formula is C26H30N4O3. The third-order valence-corrected chi connectivity index (χ3v) is 5.57. The van der Waals surface area contributed by atoms with Crippen LogP contribution >= 0.6 is 0 Å². The van der Waals surface area contributed by atoms with Gasteiger partial charge in [-0.2, -0.15) is 0 Å². The van der Waals surface area contributed by atoms with E-state index < -0.39 is 0 Å². The molecule has 0 unspecified atom stereocenters. The van der Waals surface area contributed by atoms with Crippen molar-refractivity contribution in [3.8, 4) is 17.2 Å². The van der Waals surface area contributed by atoms with Gasteiger partial charge in [-0.25, -0.2) is 4.98 Å². The summed E-state index contributed by atoms with van der Waals surface area (Å²) >= 11 is 0. The largest absolute Gasteiger partial charge is 0.454 e. The number of imidazole rings is 1. The predicted molar refractivity (Wildman–Crippen MR) is 129 cm³/mol. The van der Waals surface area contributed by atoms with Gasteiger partial charge in [-0.15, -0.1) is 0 Å². The van der Waals surface area contributed by atoms with Gasteiger partial charge < -0.3 is 24.3 Å². The number of carbonyl (C=O) groups is 1. The number of aromatic nitrogens is 2. The number of fused-ring (bicyclic) bond motifs is 1. The lowest BCUT2D eigenvalue weighted by atomic mass is 10.1. The van der Waals surface area contributed by atoms with E-state index in [1.165, 1.54) is 5.56 Å². The molecule has 1 aliphatic rings. The Balaban J connectivity index is 1.09. The van der Waals surface area contributed by atoms with E-state index in [2.05, 4.69) is 34.4 Å². The molecule has 0 atom stereocenters. The number of carbonyl (C=O) groups excluding carboxylic acids is 1. The molecule has 7 heteroatoms. The molecule has 0 radical (unpaired) electrons. The minimum atomic E-state index is 0.0456. The number of benzene rings is 2. The van der Waals surface area contributed by atoms with Crippen molar-refractivity contribution in [2.75, 3.05) is 33.5 Å². The van der Waals surface area contributed by atoms with Crippen LogP contribution in [0.1, 0.15) is 24.0 Å². The summed E-state index contributed by atoms with van der Waals surface area (Å²) in [4.78, 5) is 18.4. The first kappa shape index (κ1) is 22.6. The van der Waals surface area contributed by atoms with Crippen molar-refractivity contribution in [2.24, 2.45) is 0 Å². The number of ether oxygens (including phenoxy) is 2. The second-order valence-electron chi connectivity index (χ2n) is 8.11. The minimum absolute atomic E-state index is 0.0456. The zero-order valence-electron chi connectivity index (χ0n) is 18.9. The summed E-state index contributed by atoms with van der Waals surface area (Å²) in [6.45, 7) is 2.88. The molecule has 4 rings (SSSR count). The Kier molecular flexibility index (Phi) is 7.76. The second-order valence-corrected chi connectivity index (χ2v) is 8.11. The normalized spacial score (nSPS) is 12.5. The summed E-state index contributed by atoms with van der Waals surface area (Å²) < 4.78 is 12.7. The summed E-state index contributed by atoms with van der Waals surface area (Å²) in [6, 6.07) is 14.2. The molecule has 172 valence electrons. The van der Waals surface area contributed by atoms with Crippen LogP contribution < -0.4 is 14.8 Å². The van der Waals surface area contributed by atoms with E-state index in [9.17, 15) is 4.79 Å². The van der Waals surface area contributed by atoms with Gasteiger partial charge in [0.2, 0.25) is 12.7 Å². The fraction of sp³-hybridized carbons (Fsp3) is 0.308. The Labute approximate surface area is 194 Å². The smallest absolute Gasteiger partial charge is 0.231 e. The Hall–Kier alpha value is -3.58. The molecule has 2 aromatic carbocycles. The van der Waals surface area contributed by atoms with Gasteiger partial charge in [-0.05, 0) is 61.8 Å². The Morgan fingerprint density at radius 2 is 2.00 bits per heavy atom. The van der Waals surface area contributed by atoms with Crippen LogP contribution in [0, 0.1) is 0 Å². The molecule has 0 bridgehead atoms. The summed E-state index contributed by atoms with van der Waals surface area (Å²) in [5.41, 5.74) is 3.36. The predicted octanol–water partition coefficient (Wildman–Crippen LogP) is 3.69. The van der Waals surface area contributed by atoms with Crippen LogP contribution in [0.15, 0.2) is 67.3 Å². The molecular weight excluding hydrogens is 416 g/mol. The molecule has 33 heavy (non-hydrogen) atoms. The van der Waals surface area contributed by atoms with Crippen molar-refractivity contribution in [1.82, 2.24) is 19.8 Å². The quantitative estimate of drug-likeness (QED) is 0.455. The van der Waals surface area contributed by atoms with Gasteiger partial charge in [0.1, 0.15) is 0 Å². The molecule has 0 spiro atoms. The van der Waals surface area contributed by atoms with Crippen LogP contribution in [-0.4, -0.2) is 53.8 Å². The summed E-state index contributed by atoms with van der Waals surface area (Å²) in [7, 11) is 2.11. The van der Waals surface area contributed by atoms with E-state index in [0.29, 0.717) is 19.8 Å². The van der Waals surface area contributed by atoms with Crippen LogP contribution in [0.2, 0.25) is 0 Å². The third kappa shape index (κ3) is 6.70. The van der Waals surface area contributed by atoms with Gasteiger partial charge in [-0.3, -0.25) is 4.79 Å². The first-order chi connectivity index (χ1) is 16.2. The highest BCUT2D eigenvalue weighted by Gasteiger charge is 2.13. The first-order valence-electron chi connectivity index (χ1n) is 11.3. The van der Waals surface area contributed by atoms with Gasteiger partial charge >= 0.3 is 0 Å². The summed E-state index contributed by atoms with van der Waals surface area (Å²) in [6.07, 6.45) is 11.6. The minimum Gasteiger partial charge on any atom is -0.454 e. The van der Waals surface area contributed by atoms with E-state index in [-0.39, 0.29) is 5.91 Å². The van der Waals surface area contributed by atoms with Crippen molar-refractivity contribution in [3.63, 3.8) is 0 Å². The summed E-state index contributed by atoms with van der Waals surface area (Å²) in [5.74, 6) is 1.70. The van der Waals surface area contributed by atoms with Crippen molar-refractivity contribution < 1.29 is 14.3 Å². The van der Waals surface area contributed by atoms with E-state index in [0.717, 1.165) is 48.7 Å². The van der Waals surface area contributed by atoms with E-state index >= 15 is 0 Å². The monoisotopic (exact) mass is 446 g/mol. The van der Waals surface area contributed by atoms with Crippen LogP contribution in [0.3, 0.4) is 0 Å². The molecule has 2 heterocycles. The van der Waals surface area contributed by atoms with Crippen LogP contribution in [0.4, 0.5) is 0 Å². The first-order valence-corrected chi connectivity index (χ1v) is 11.3.